The topological polar surface area (TPSA) is 12.0 Å². The van der Waals surface area contributed by atoms with E-state index in [9.17, 15) is 0 Å². The zero-order chi connectivity index (χ0) is 14.1. The predicted molar refractivity (Wildman–Crippen MR) is 89.1 cm³/mol. The van der Waals surface area contributed by atoms with Gasteiger partial charge in [-0.2, -0.15) is 0 Å². The Morgan fingerprint density at radius 2 is 1.95 bits per heavy atom. The minimum Gasteiger partial charge on any atom is -0.316 e. The Morgan fingerprint density at radius 3 is 2.60 bits per heavy atom. The van der Waals surface area contributed by atoms with Gasteiger partial charge in [-0.25, -0.2) is 0 Å². The van der Waals surface area contributed by atoms with Crippen molar-refractivity contribution in [3.63, 3.8) is 0 Å². The van der Waals surface area contributed by atoms with Gasteiger partial charge in [0.2, 0.25) is 0 Å². The first-order chi connectivity index (χ1) is 9.68. The van der Waals surface area contributed by atoms with Crippen LogP contribution in [-0.4, -0.2) is 13.1 Å². The van der Waals surface area contributed by atoms with Crippen LogP contribution in [0.2, 0.25) is 0 Å². The Bertz CT molecular complexity index is 454. The Kier molecular flexibility index (Phi) is 4.24. The van der Waals surface area contributed by atoms with Crippen molar-refractivity contribution in [3.05, 3.63) is 34.3 Å². The van der Waals surface area contributed by atoms with E-state index >= 15 is 0 Å². The summed E-state index contributed by atoms with van der Waals surface area (Å²) < 4.78 is 1.22. The lowest BCUT2D eigenvalue weighted by molar-refractivity contribution is 0.0271. The van der Waals surface area contributed by atoms with E-state index in [1.54, 1.807) is 0 Å². The normalized spacial score (nSPS) is 22.9. The number of rotatable bonds is 5. The van der Waals surface area contributed by atoms with Crippen molar-refractivity contribution in [2.24, 2.45) is 5.41 Å². The van der Waals surface area contributed by atoms with E-state index in [0.717, 1.165) is 13.1 Å². The van der Waals surface area contributed by atoms with Gasteiger partial charge in [0, 0.05) is 16.4 Å². The highest BCUT2D eigenvalue weighted by Gasteiger charge is 2.55. The molecule has 1 aromatic rings. The molecule has 0 atom stereocenters. The average molecular weight is 336 g/mol. The van der Waals surface area contributed by atoms with Gasteiger partial charge in [0.25, 0.3) is 0 Å². The second-order valence-electron chi connectivity index (χ2n) is 7.03. The van der Waals surface area contributed by atoms with Gasteiger partial charge < -0.3 is 5.32 Å². The van der Waals surface area contributed by atoms with E-state index in [0.29, 0.717) is 10.8 Å². The molecule has 2 aliphatic carbocycles. The van der Waals surface area contributed by atoms with E-state index in [4.69, 9.17) is 0 Å². The van der Waals surface area contributed by atoms with Crippen LogP contribution in [-0.2, 0) is 5.41 Å². The first kappa shape index (κ1) is 14.6. The Hall–Kier alpha value is -0.340. The van der Waals surface area contributed by atoms with Crippen LogP contribution in [0.4, 0.5) is 0 Å². The molecule has 0 radical (unpaired) electrons. The van der Waals surface area contributed by atoms with Gasteiger partial charge in [-0.1, -0.05) is 47.8 Å². The fourth-order valence-electron chi connectivity index (χ4n) is 4.62. The molecule has 2 saturated carbocycles. The maximum absolute atomic E-state index is 3.69. The molecule has 0 aliphatic heterocycles. The van der Waals surface area contributed by atoms with Crippen molar-refractivity contribution in [1.82, 2.24) is 5.32 Å². The molecule has 2 aliphatic rings. The Morgan fingerprint density at radius 1 is 1.20 bits per heavy atom. The molecule has 0 unspecified atom stereocenters. The summed E-state index contributed by atoms with van der Waals surface area (Å²) in [4.78, 5) is 0. The predicted octanol–water partition coefficient (Wildman–Crippen LogP) is 5.04. The summed E-state index contributed by atoms with van der Waals surface area (Å²) >= 11 is 3.64. The van der Waals surface area contributed by atoms with Gasteiger partial charge in [-0.15, -0.1) is 0 Å². The van der Waals surface area contributed by atoms with E-state index in [1.807, 2.05) is 0 Å². The quantitative estimate of drug-likeness (QED) is 0.743. The first-order valence-electron chi connectivity index (χ1n) is 8.15. The zero-order valence-corrected chi connectivity index (χ0v) is 14.1. The van der Waals surface area contributed by atoms with Crippen LogP contribution < -0.4 is 5.32 Å². The van der Waals surface area contributed by atoms with Crippen molar-refractivity contribution in [1.29, 1.82) is 0 Å². The van der Waals surface area contributed by atoms with Crippen LogP contribution in [0.15, 0.2) is 28.7 Å². The fourth-order valence-corrected chi connectivity index (χ4v) is 5.02. The second kappa shape index (κ2) is 5.81. The summed E-state index contributed by atoms with van der Waals surface area (Å²) in [6.45, 7) is 4.54. The highest BCUT2D eigenvalue weighted by atomic mass is 79.9. The van der Waals surface area contributed by atoms with E-state index in [1.165, 1.54) is 55.0 Å². The molecule has 0 amide bonds. The molecule has 110 valence electrons. The minimum atomic E-state index is 0.392. The van der Waals surface area contributed by atoms with Gasteiger partial charge in [0.05, 0.1) is 0 Å². The highest BCUT2D eigenvalue weighted by molar-refractivity contribution is 9.10. The summed E-state index contributed by atoms with van der Waals surface area (Å²) in [6, 6.07) is 9.01. The van der Waals surface area contributed by atoms with Gasteiger partial charge in [-0.3, -0.25) is 0 Å². The first-order valence-corrected chi connectivity index (χ1v) is 8.94. The van der Waals surface area contributed by atoms with Crippen LogP contribution in [0.25, 0.3) is 0 Å². The highest BCUT2D eigenvalue weighted by Crippen LogP contribution is 2.62. The summed E-state index contributed by atoms with van der Waals surface area (Å²) in [5.41, 5.74) is 2.62. The lowest BCUT2D eigenvalue weighted by Crippen LogP contribution is -2.53. The third-order valence-corrected chi connectivity index (χ3v) is 5.91. The molecule has 0 aromatic heterocycles. The molecular weight excluding hydrogens is 310 g/mol. The molecule has 3 rings (SSSR count). The smallest absolute Gasteiger partial charge is 0.0178 e. The average Bonchev–Trinajstić information content (AvgIpc) is 2.87. The standard InChI is InChI=1S/C18H26BrN/c1-2-10-20-14-18(15-6-5-7-16(19)11-15)12-17(13-18)8-3-4-9-17/h5-7,11,20H,2-4,8-10,12-14H2,1H3. The largest absolute Gasteiger partial charge is 0.316 e. The SMILES string of the molecule is CCCNCC1(c2cccc(Br)c2)CC2(CCCC2)C1. The van der Waals surface area contributed by atoms with Crippen molar-refractivity contribution in [2.45, 2.75) is 57.3 Å². The van der Waals surface area contributed by atoms with E-state index in [2.05, 4.69) is 52.4 Å². The third-order valence-electron chi connectivity index (χ3n) is 5.42. The molecular formula is C18H26BrN. The Balaban J connectivity index is 1.78. The van der Waals surface area contributed by atoms with Crippen LogP contribution in [0.5, 0.6) is 0 Å². The molecule has 1 spiro atoms. The van der Waals surface area contributed by atoms with E-state index in [-0.39, 0.29) is 0 Å². The molecule has 1 nitrogen and oxygen atoms in total. The van der Waals surface area contributed by atoms with Crippen molar-refractivity contribution < 1.29 is 0 Å². The van der Waals surface area contributed by atoms with Crippen molar-refractivity contribution >= 4 is 15.9 Å². The number of hydrogen-bond acceptors (Lipinski definition) is 1. The maximum atomic E-state index is 3.69. The maximum Gasteiger partial charge on any atom is 0.0178 e. The molecule has 1 N–H and O–H groups in total. The second-order valence-corrected chi connectivity index (χ2v) is 7.94. The van der Waals surface area contributed by atoms with Gasteiger partial charge in [0.15, 0.2) is 0 Å². The fraction of sp³-hybridized carbons (Fsp3) is 0.667. The third kappa shape index (κ3) is 2.69. The molecule has 0 heterocycles. The molecule has 2 heteroatoms. The van der Waals surface area contributed by atoms with Gasteiger partial charge >= 0.3 is 0 Å². The van der Waals surface area contributed by atoms with Gasteiger partial charge in [0.1, 0.15) is 0 Å². The summed E-state index contributed by atoms with van der Waals surface area (Å²) in [7, 11) is 0. The van der Waals surface area contributed by atoms with Crippen LogP contribution in [0.3, 0.4) is 0 Å². The molecule has 0 saturated heterocycles. The van der Waals surface area contributed by atoms with Crippen LogP contribution in [0.1, 0.15) is 57.4 Å². The number of halogens is 1. The van der Waals surface area contributed by atoms with Crippen molar-refractivity contribution in [3.8, 4) is 0 Å². The number of benzene rings is 1. The number of nitrogens with one attached hydrogen (secondary N) is 1. The van der Waals surface area contributed by atoms with Gasteiger partial charge in [-0.05, 0) is 61.8 Å². The van der Waals surface area contributed by atoms with Crippen LogP contribution >= 0.6 is 15.9 Å². The van der Waals surface area contributed by atoms with Crippen molar-refractivity contribution in [2.75, 3.05) is 13.1 Å². The minimum absolute atomic E-state index is 0.392. The summed E-state index contributed by atoms with van der Waals surface area (Å²) in [6.07, 6.45) is 9.86. The molecule has 2 fully saturated rings. The summed E-state index contributed by atoms with van der Waals surface area (Å²) in [5.74, 6) is 0. The lowest BCUT2D eigenvalue weighted by atomic mass is 9.49. The molecule has 0 bridgehead atoms. The Labute approximate surface area is 131 Å². The lowest BCUT2D eigenvalue weighted by Gasteiger charge is -2.56. The molecule has 20 heavy (non-hydrogen) atoms. The monoisotopic (exact) mass is 335 g/mol. The molecule has 1 aromatic carbocycles. The summed E-state index contributed by atoms with van der Waals surface area (Å²) in [5, 5.41) is 3.69. The zero-order valence-electron chi connectivity index (χ0n) is 12.6. The van der Waals surface area contributed by atoms with E-state index < -0.39 is 0 Å². The van der Waals surface area contributed by atoms with Crippen LogP contribution in [0, 0.1) is 5.41 Å². The number of hydrogen-bond donors (Lipinski definition) is 1.